The fraction of sp³-hybridized carbons (Fsp3) is 0.409. The highest BCUT2D eigenvalue weighted by molar-refractivity contribution is 5.91. The van der Waals surface area contributed by atoms with Crippen molar-refractivity contribution in [3.63, 3.8) is 0 Å². The van der Waals surface area contributed by atoms with Gasteiger partial charge in [0.05, 0.1) is 19.4 Å². The van der Waals surface area contributed by atoms with E-state index in [4.69, 9.17) is 11.5 Å². The maximum Gasteiger partial charge on any atom is 0.405 e. The molecule has 2 fully saturated rings. The van der Waals surface area contributed by atoms with Crippen LogP contribution in [0.3, 0.4) is 0 Å². The Balaban J connectivity index is 1.52. The maximum absolute atomic E-state index is 14.8. The van der Waals surface area contributed by atoms with Crippen LogP contribution in [0.25, 0.3) is 11.2 Å². The minimum Gasteiger partial charge on any atom is -0.465 e. The van der Waals surface area contributed by atoms with Crippen molar-refractivity contribution in [1.82, 2.24) is 30.2 Å². The molecule has 12 nitrogen and oxygen atoms in total. The van der Waals surface area contributed by atoms with Crippen LogP contribution >= 0.6 is 0 Å². The smallest absolute Gasteiger partial charge is 0.405 e. The number of nitrogens with two attached hydrogens (primary N) is 2. The molecule has 1 saturated heterocycles. The van der Waals surface area contributed by atoms with Gasteiger partial charge in [-0.05, 0) is 31.4 Å². The summed E-state index contributed by atoms with van der Waals surface area (Å²) >= 11 is 0. The zero-order valence-corrected chi connectivity index (χ0v) is 18.9. The maximum atomic E-state index is 14.8. The lowest BCUT2D eigenvalue weighted by molar-refractivity contribution is -0.126. The Morgan fingerprint density at radius 1 is 1.23 bits per heavy atom. The lowest BCUT2D eigenvalue weighted by Crippen LogP contribution is -2.60. The number of carboxylic acid groups (broad SMARTS) is 1. The van der Waals surface area contributed by atoms with E-state index in [1.807, 2.05) is 4.90 Å². The highest BCUT2D eigenvalue weighted by atomic mass is 19.1. The van der Waals surface area contributed by atoms with Gasteiger partial charge in [-0.25, -0.2) is 24.1 Å². The first-order valence-electron chi connectivity index (χ1n) is 11.3. The molecule has 2 aromatic heterocycles. The van der Waals surface area contributed by atoms with Gasteiger partial charge >= 0.3 is 6.09 Å². The fourth-order valence-corrected chi connectivity index (χ4v) is 4.65. The van der Waals surface area contributed by atoms with E-state index in [1.54, 1.807) is 17.0 Å². The number of halogens is 1. The predicted molar refractivity (Wildman–Crippen MR) is 125 cm³/mol. The Bertz CT molecular complexity index is 1310. The summed E-state index contributed by atoms with van der Waals surface area (Å²) in [5.74, 6) is -0.566. The predicted octanol–water partition coefficient (Wildman–Crippen LogP) is 0.550. The third-order valence-corrected chi connectivity index (χ3v) is 6.61. The molecule has 3 heterocycles. The van der Waals surface area contributed by atoms with Crippen LogP contribution < -0.4 is 27.0 Å². The van der Waals surface area contributed by atoms with Gasteiger partial charge in [-0.1, -0.05) is 0 Å². The molecule has 0 bridgehead atoms. The summed E-state index contributed by atoms with van der Waals surface area (Å²) in [5, 5.41) is 14.8. The van der Waals surface area contributed by atoms with E-state index in [0.717, 1.165) is 12.8 Å². The molecule has 7 N–H and O–H groups in total. The number of anilines is 2. The van der Waals surface area contributed by atoms with E-state index in [1.165, 1.54) is 12.4 Å². The normalized spacial score (nSPS) is 19.8. The van der Waals surface area contributed by atoms with Crippen LogP contribution in [0.15, 0.2) is 24.8 Å². The first-order valence-corrected chi connectivity index (χ1v) is 11.3. The largest absolute Gasteiger partial charge is 0.465 e. The Morgan fingerprint density at radius 2 is 2.03 bits per heavy atom. The summed E-state index contributed by atoms with van der Waals surface area (Å²) in [7, 11) is 0. The highest BCUT2D eigenvalue weighted by Gasteiger charge is 2.48. The molecule has 35 heavy (non-hydrogen) atoms. The van der Waals surface area contributed by atoms with Gasteiger partial charge in [0, 0.05) is 35.9 Å². The number of hydrogen-bond donors (Lipinski definition) is 5. The Labute approximate surface area is 199 Å². The number of fused-ring (bicyclic) bond motifs is 1. The zero-order valence-electron chi connectivity index (χ0n) is 18.9. The van der Waals surface area contributed by atoms with Gasteiger partial charge in [0.1, 0.15) is 23.2 Å². The third kappa shape index (κ3) is 4.18. The van der Waals surface area contributed by atoms with E-state index in [2.05, 4.69) is 25.6 Å². The van der Waals surface area contributed by atoms with Gasteiger partial charge in [-0.2, -0.15) is 0 Å². The van der Waals surface area contributed by atoms with Crippen molar-refractivity contribution in [2.24, 2.45) is 5.73 Å². The molecular formula is C22H26FN9O3. The van der Waals surface area contributed by atoms with Gasteiger partial charge in [-0.15, -0.1) is 0 Å². The molecule has 3 aromatic rings. The Hall–Kier alpha value is -4.00. The second-order valence-corrected chi connectivity index (χ2v) is 8.96. The summed E-state index contributed by atoms with van der Waals surface area (Å²) in [4.78, 5) is 39.0. The van der Waals surface area contributed by atoms with Crippen LogP contribution in [-0.2, 0) is 17.9 Å². The second-order valence-electron chi connectivity index (χ2n) is 8.96. The fourth-order valence-electron chi connectivity index (χ4n) is 4.65. The van der Waals surface area contributed by atoms with Crippen LogP contribution in [0.2, 0.25) is 0 Å². The lowest BCUT2D eigenvalue weighted by Gasteiger charge is -2.30. The van der Waals surface area contributed by atoms with Gasteiger partial charge in [0.2, 0.25) is 5.91 Å². The summed E-state index contributed by atoms with van der Waals surface area (Å²) in [6.07, 6.45) is 3.64. The van der Waals surface area contributed by atoms with Crippen molar-refractivity contribution in [1.29, 1.82) is 0 Å². The Morgan fingerprint density at radius 3 is 2.74 bits per heavy atom. The summed E-state index contributed by atoms with van der Waals surface area (Å²) < 4.78 is 16.5. The zero-order chi connectivity index (χ0) is 24.7. The van der Waals surface area contributed by atoms with Crippen molar-refractivity contribution in [2.45, 2.75) is 43.9 Å². The SMILES string of the molecule is NCc1c(F)ccc(N2CC[C@](NC(=O)O)(C(=O)NC3CC3)C2)c1Cn1cnc2c(N)ncnc21. The van der Waals surface area contributed by atoms with Crippen LogP contribution in [-0.4, -0.2) is 61.3 Å². The average molecular weight is 484 g/mol. The molecule has 2 amide bonds. The highest BCUT2D eigenvalue weighted by Crippen LogP contribution is 2.34. The molecule has 1 atom stereocenters. The molecule has 184 valence electrons. The summed E-state index contributed by atoms with van der Waals surface area (Å²) in [6, 6.07) is 3.04. The molecular weight excluding hydrogens is 457 g/mol. The second kappa shape index (κ2) is 8.65. The minimum absolute atomic E-state index is 0.0483. The van der Waals surface area contributed by atoms with E-state index in [-0.39, 0.29) is 43.8 Å². The number of rotatable bonds is 7. The molecule has 13 heteroatoms. The van der Waals surface area contributed by atoms with Gasteiger partial charge in [0.25, 0.3) is 0 Å². The van der Waals surface area contributed by atoms with Crippen molar-refractivity contribution in [3.05, 3.63) is 41.7 Å². The van der Waals surface area contributed by atoms with E-state index in [0.29, 0.717) is 34.5 Å². The number of amides is 2. The third-order valence-electron chi connectivity index (χ3n) is 6.61. The van der Waals surface area contributed by atoms with Crippen molar-refractivity contribution < 1.29 is 19.1 Å². The molecule has 1 aliphatic carbocycles. The molecule has 0 radical (unpaired) electrons. The topological polar surface area (TPSA) is 177 Å². The molecule has 0 spiro atoms. The monoisotopic (exact) mass is 483 g/mol. The van der Waals surface area contributed by atoms with Crippen molar-refractivity contribution >= 4 is 34.7 Å². The quantitative estimate of drug-likeness (QED) is 0.321. The van der Waals surface area contributed by atoms with E-state index < -0.39 is 17.4 Å². The molecule has 5 rings (SSSR count). The summed E-state index contributed by atoms with van der Waals surface area (Å²) in [5.41, 5.74) is 13.0. The van der Waals surface area contributed by atoms with E-state index in [9.17, 15) is 19.1 Å². The van der Waals surface area contributed by atoms with Crippen LogP contribution in [0.4, 0.5) is 20.7 Å². The first-order chi connectivity index (χ1) is 16.8. The van der Waals surface area contributed by atoms with E-state index >= 15 is 0 Å². The number of imidazole rings is 1. The first kappa shape index (κ1) is 22.8. The molecule has 1 saturated carbocycles. The lowest BCUT2D eigenvalue weighted by atomic mass is 9.97. The number of carbonyl (C=O) groups is 2. The molecule has 1 aromatic carbocycles. The number of benzene rings is 1. The number of nitrogens with one attached hydrogen (secondary N) is 2. The van der Waals surface area contributed by atoms with Crippen LogP contribution in [0.1, 0.15) is 30.4 Å². The number of aromatic nitrogens is 4. The molecule has 2 aliphatic rings. The minimum atomic E-state index is -1.31. The molecule has 1 aliphatic heterocycles. The van der Waals surface area contributed by atoms with Crippen molar-refractivity contribution in [2.75, 3.05) is 23.7 Å². The number of hydrogen-bond acceptors (Lipinski definition) is 8. The van der Waals surface area contributed by atoms with Crippen LogP contribution in [0.5, 0.6) is 0 Å². The standard InChI is InChI=1S/C22H26FN9O3/c23-15-3-4-16(31-6-5-22(9-31,30-21(34)35)20(33)29-12-1-2-12)14(13(15)7-24)8-32-11-28-17-18(25)26-10-27-19(17)32/h3-4,10-12,30H,1-2,5-9,24H2,(H,29,33)(H,34,35)(H2,25,26,27)/t22-/m1/s1. The summed E-state index contributed by atoms with van der Waals surface area (Å²) in [6.45, 7) is 0.630. The van der Waals surface area contributed by atoms with Crippen molar-refractivity contribution in [3.8, 4) is 0 Å². The number of nitrogen functional groups attached to an aromatic ring is 1. The Kier molecular flexibility index (Phi) is 5.63. The van der Waals surface area contributed by atoms with Crippen LogP contribution in [0, 0.1) is 5.82 Å². The van der Waals surface area contributed by atoms with Gasteiger partial charge in [0.15, 0.2) is 11.5 Å². The van der Waals surface area contributed by atoms with Gasteiger partial charge in [-0.3, -0.25) is 4.79 Å². The number of carbonyl (C=O) groups excluding carboxylic acids is 1. The average Bonchev–Trinajstić information content (AvgIpc) is 3.38. The van der Waals surface area contributed by atoms with Gasteiger partial charge < -0.3 is 36.7 Å². The number of nitrogens with zero attached hydrogens (tertiary/aromatic N) is 5. The molecule has 0 unspecified atom stereocenters.